The molecule has 0 bridgehead atoms. The Kier molecular flexibility index (Phi) is 8.34. The van der Waals surface area contributed by atoms with E-state index in [2.05, 4.69) is 63.1 Å². The van der Waals surface area contributed by atoms with Crippen LogP contribution in [-0.4, -0.2) is 70.3 Å². The highest BCUT2D eigenvalue weighted by molar-refractivity contribution is 7.80. The Balaban J connectivity index is 1.60. The molecule has 1 aromatic carbocycles. The molecule has 1 aliphatic heterocycles. The number of aliphatic imine (C=N–C) groups is 1. The predicted molar refractivity (Wildman–Crippen MR) is 150 cm³/mol. The van der Waals surface area contributed by atoms with Crippen molar-refractivity contribution >= 4 is 28.7 Å². The Bertz CT molecular complexity index is 1220. The van der Waals surface area contributed by atoms with Gasteiger partial charge in [0.05, 0.1) is 17.2 Å². The summed E-state index contributed by atoms with van der Waals surface area (Å²) in [5.41, 5.74) is 8.65. The first kappa shape index (κ1) is 26.5. The molecule has 5 N–H and O–H groups in total. The van der Waals surface area contributed by atoms with Crippen molar-refractivity contribution in [3.05, 3.63) is 77.9 Å². The molecule has 1 aromatic heterocycles. The maximum absolute atomic E-state index is 13.6. The Morgan fingerprint density at radius 3 is 2.70 bits per heavy atom. The van der Waals surface area contributed by atoms with E-state index in [9.17, 15) is 4.39 Å². The highest BCUT2D eigenvalue weighted by Crippen LogP contribution is 2.27. The van der Waals surface area contributed by atoms with Crippen molar-refractivity contribution in [2.75, 3.05) is 39.0 Å². The van der Waals surface area contributed by atoms with Crippen LogP contribution < -0.4 is 21.7 Å². The van der Waals surface area contributed by atoms with Crippen LogP contribution in [0, 0.1) is 5.82 Å². The van der Waals surface area contributed by atoms with E-state index in [1.807, 2.05) is 4.68 Å². The molecule has 2 aliphatic rings. The fourth-order valence-electron chi connectivity index (χ4n) is 4.36. The molecule has 2 heterocycles. The van der Waals surface area contributed by atoms with Crippen LogP contribution in [0.25, 0.3) is 0 Å². The average molecular weight is 524 g/mol. The van der Waals surface area contributed by atoms with Crippen LogP contribution in [-0.2, 0) is 5.54 Å². The Hall–Kier alpha value is -3.57. The summed E-state index contributed by atoms with van der Waals surface area (Å²) in [5.74, 6) is 0.635. The number of aromatic nitrogens is 3. The molecule has 0 spiro atoms. The summed E-state index contributed by atoms with van der Waals surface area (Å²) in [5, 5.41) is 14.1. The van der Waals surface area contributed by atoms with Gasteiger partial charge in [-0.1, -0.05) is 30.4 Å². The molecule has 2 aromatic rings. The highest BCUT2D eigenvalue weighted by Gasteiger charge is 2.26. The van der Waals surface area contributed by atoms with E-state index < -0.39 is 0 Å². The number of nitrogens with two attached hydrogens (primary N) is 1. The lowest BCUT2D eigenvalue weighted by Crippen LogP contribution is -2.36. The molecule has 2 atom stereocenters. The predicted octanol–water partition coefficient (Wildman–Crippen LogP) is 2.54. The van der Waals surface area contributed by atoms with Gasteiger partial charge in [-0.25, -0.2) is 14.1 Å². The second-order valence-electron chi connectivity index (χ2n) is 9.55. The number of halogens is 1. The van der Waals surface area contributed by atoms with Crippen molar-refractivity contribution in [3.63, 3.8) is 0 Å². The summed E-state index contributed by atoms with van der Waals surface area (Å²) in [6, 6.07) is 6.24. The smallest absolute Gasteiger partial charge is 0.137 e. The van der Waals surface area contributed by atoms with E-state index in [0.717, 1.165) is 31.5 Å². The van der Waals surface area contributed by atoms with E-state index in [0.29, 0.717) is 34.5 Å². The molecule has 196 valence electrons. The number of anilines is 1. The van der Waals surface area contributed by atoms with Crippen molar-refractivity contribution in [2.24, 2.45) is 10.7 Å². The van der Waals surface area contributed by atoms with E-state index in [1.165, 1.54) is 12.1 Å². The fourth-order valence-corrected chi connectivity index (χ4v) is 4.56. The molecule has 4 rings (SSSR count). The number of likely N-dealkylation sites (tertiary alicyclic amines) is 1. The standard InChI is InChI=1S/C26H34FN9S/c1-26(36-17-30-16-32-36)11-8-18(9-12-26)14-31-24(34-20-6-4-19(27)5-7-20)22(25(37)29-2)23(28)33-21-10-13-35(3)15-21/h4-9,11,16-17,21,31,34H,10,12-15H2,1-3H3,(H2,28,33)(H,29,37)/b24-22-. The van der Waals surface area contributed by atoms with Gasteiger partial charge in [0.25, 0.3) is 0 Å². The molecule has 0 amide bonds. The number of hydrogen-bond acceptors (Lipinski definition) is 7. The third-order valence-electron chi connectivity index (χ3n) is 6.61. The summed E-state index contributed by atoms with van der Waals surface area (Å²) < 4.78 is 15.4. The van der Waals surface area contributed by atoms with E-state index >= 15 is 0 Å². The van der Waals surface area contributed by atoms with Crippen molar-refractivity contribution in [2.45, 2.75) is 31.3 Å². The van der Waals surface area contributed by atoms with Crippen LogP contribution in [0.15, 0.2) is 77.1 Å². The maximum Gasteiger partial charge on any atom is 0.137 e. The molecule has 37 heavy (non-hydrogen) atoms. The zero-order chi connectivity index (χ0) is 26.4. The molecule has 1 saturated heterocycles. The number of likely N-dealkylation sites (N-methyl/N-ethyl adjacent to an activating group) is 2. The van der Waals surface area contributed by atoms with E-state index in [-0.39, 0.29) is 17.4 Å². The lowest BCUT2D eigenvalue weighted by atomic mass is 9.90. The molecule has 1 aliphatic carbocycles. The molecule has 2 unspecified atom stereocenters. The van der Waals surface area contributed by atoms with Crippen LogP contribution in [0.1, 0.15) is 19.8 Å². The molecular weight excluding hydrogens is 489 g/mol. The third-order valence-corrected chi connectivity index (χ3v) is 7.02. The SMILES string of the molecule is CNC(=S)/C(C(N)=NC1CCN(C)C1)=C(/NCC1=CCC(C)(n2cncn2)C=C1)Nc1ccc(F)cc1. The second-order valence-corrected chi connectivity index (χ2v) is 9.96. The largest absolute Gasteiger partial charge is 0.383 e. The lowest BCUT2D eigenvalue weighted by Gasteiger charge is -2.28. The van der Waals surface area contributed by atoms with Crippen molar-refractivity contribution in [1.82, 2.24) is 30.3 Å². The van der Waals surface area contributed by atoms with Gasteiger partial charge in [-0.15, -0.1) is 0 Å². The topological polar surface area (TPSA) is 108 Å². The van der Waals surface area contributed by atoms with Crippen LogP contribution in [0.3, 0.4) is 0 Å². The van der Waals surface area contributed by atoms with Crippen LogP contribution in [0.4, 0.5) is 10.1 Å². The van der Waals surface area contributed by atoms with Gasteiger partial charge >= 0.3 is 0 Å². The number of hydrogen-bond donors (Lipinski definition) is 4. The second kappa shape index (κ2) is 11.7. The van der Waals surface area contributed by atoms with Gasteiger partial charge < -0.3 is 26.6 Å². The zero-order valence-electron chi connectivity index (χ0n) is 21.4. The number of benzene rings is 1. The first-order chi connectivity index (χ1) is 17.8. The molecule has 0 radical (unpaired) electrons. The summed E-state index contributed by atoms with van der Waals surface area (Å²) in [6.45, 7) is 4.45. The van der Waals surface area contributed by atoms with Gasteiger partial charge in [-0.05, 0) is 63.2 Å². The Labute approximate surface area is 222 Å². The summed E-state index contributed by atoms with van der Waals surface area (Å²) in [7, 11) is 3.83. The lowest BCUT2D eigenvalue weighted by molar-refractivity contribution is 0.367. The number of thiocarbonyl (C=S) groups is 1. The van der Waals surface area contributed by atoms with E-state index in [1.54, 1.807) is 31.8 Å². The molecule has 1 fully saturated rings. The van der Waals surface area contributed by atoms with Gasteiger partial charge in [-0.2, -0.15) is 5.10 Å². The molecular formula is C26H34FN9S. The maximum atomic E-state index is 13.6. The van der Waals surface area contributed by atoms with Gasteiger partial charge in [0.15, 0.2) is 0 Å². The number of rotatable bonds is 9. The minimum absolute atomic E-state index is 0.102. The number of nitrogens with one attached hydrogen (secondary N) is 3. The summed E-state index contributed by atoms with van der Waals surface area (Å²) in [4.78, 5) is 11.6. The average Bonchev–Trinajstić information content (AvgIpc) is 3.57. The van der Waals surface area contributed by atoms with Gasteiger partial charge in [0.1, 0.15) is 35.1 Å². The van der Waals surface area contributed by atoms with Crippen LogP contribution >= 0.6 is 12.2 Å². The normalized spacial score (nSPS) is 22.9. The van der Waals surface area contributed by atoms with Crippen molar-refractivity contribution in [1.29, 1.82) is 0 Å². The van der Waals surface area contributed by atoms with Gasteiger partial charge in [-0.3, -0.25) is 4.99 Å². The number of amidine groups is 1. The summed E-state index contributed by atoms with van der Waals surface area (Å²) in [6.07, 6.45) is 11.4. The highest BCUT2D eigenvalue weighted by atomic mass is 32.1. The minimum atomic E-state index is -0.311. The Morgan fingerprint density at radius 2 is 2.11 bits per heavy atom. The van der Waals surface area contributed by atoms with Crippen LogP contribution in [0.2, 0.25) is 0 Å². The monoisotopic (exact) mass is 523 g/mol. The molecule has 9 nitrogen and oxygen atoms in total. The first-order valence-corrected chi connectivity index (χ1v) is 12.7. The van der Waals surface area contributed by atoms with Gasteiger partial charge in [0, 0.05) is 25.8 Å². The van der Waals surface area contributed by atoms with Crippen molar-refractivity contribution in [3.8, 4) is 0 Å². The quantitative estimate of drug-likeness (QED) is 0.172. The van der Waals surface area contributed by atoms with Gasteiger partial charge in [0.2, 0.25) is 0 Å². The zero-order valence-corrected chi connectivity index (χ0v) is 22.2. The Morgan fingerprint density at radius 1 is 1.32 bits per heavy atom. The molecule has 11 heteroatoms. The van der Waals surface area contributed by atoms with E-state index in [4.69, 9.17) is 22.9 Å². The number of nitrogens with zero attached hydrogens (tertiary/aromatic N) is 5. The molecule has 0 saturated carbocycles. The summed E-state index contributed by atoms with van der Waals surface area (Å²) >= 11 is 5.65. The fraction of sp³-hybridized carbons (Fsp3) is 0.385. The van der Waals surface area contributed by atoms with Crippen LogP contribution in [0.5, 0.6) is 0 Å². The van der Waals surface area contributed by atoms with Crippen molar-refractivity contribution < 1.29 is 4.39 Å². The third kappa shape index (κ3) is 6.60. The number of allylic oxidation sites excluding steroid dienone is 2. The first-order valence-electron chi connectivity index (χ1n) is 12.3. The minimum Gasteiger partial charge on any atom is -0.383 e.